The van der Waals surface area contributed by atoms with Crippen LogP contribution in [0.5, 0.6) is 0 Å². The fourth-order valence-electron chi connectivity index (χ4n) is 1.43. The maximum absolute atomic E-state index is 11.8. The monoisotopic (exact) mass is 251 g/mol. The molecule has 1 aromatic rings. The Kier molecular flexibility index (Phi) is 5.83. The number of hydrogen-bond donors (Lipinski definition) is 3. The highest BCUT2D eigenvalue weighted by molar-refractivity contribution is 5.88. The summed E-state index contributed by atoms with van der Waals surface area (Å²) >= 11 is 0. The summed E-state index contributed by atoms with van der Waals surface area (Å²) in [5, 5.41) is 23.9. The molecule has 0 saturated carbocycles. The number of hydrogen-bond acceptors (Lipinski definition) is 3. The first-order valence-electron chi connectivity index (χ1n) is 5.50. The average Bonchev–Trinajstić information content (AvgIpc) is 2.42. The number of nitrogens with one attached hydrogen (secondary N) is 2. The quantitative estimate of drug-likeness (QED) is 0.628. The van der Waals surface area contributed by atoms with Crippen molar-refractivity contribution in [1.82, 2.24) is 10.6 Å². The van der Waals surface area contributed by atoms with Crippen LogP contribution in [0.4, 0.5) is 0 Å². The van der Waals surface area contributed by atoms with E-state index in [1.54, 1.807) is 30.3 Å². The first kappa shape index (κ1) is 14.1. The average molecular weight is 251 g/mol. The molecular weight excluding hydrogens is 236 g/mol. The van der Waals surface area contributed by atoms with Crippen LogP contribution in [0.3, 0.4) is 0 Å². The zero-order valence-electron chi connectivity index (χ0n) is 9.76. The van der Waals surface area contributed by atoms with Crippen LogP contribution in [0.1, 0.15) is 11.6 Å². The van der Waals surface area contributed by atoms with Crippen molar-refractivity contribution in [3.8, 4) is 0 Å². The fraction of sp³-hybridized carbons (Fsp3) is 0.333. The zero-order valence-corrected chi connectivity index (χ0v) is 9.76. The topological polar surface area (TPSA) is 98.3 Å². The van der Waals surface area contributed by atoms with Gasteiger partial charge in [-0.1, -0.05) is 30.3 Å². The van der Waals surface area contributed by atoms with Gasteiger partial charge in [0.15, 0.2) is 6.61 Å². The molecule has 1 atom stereocenters. The van der Waals surface area contributed by atoms with Crippen molar-refractivity contribution in [1.29, 1.82) is 0 Å². The molecule has 1 rings (SSSR count). The molecule has 0 heterocycles. The van der Waals surface area contributed by atoms with E-state index in [-0.39, 0.29) is 13.2 Å². The van der Waals surface area contributed by atoms with Gasteiger partial charge in [0, 0.05) is 6.54 Å². The normalized spacial score (nSPS) is 11.7. The Morgan fingerprint density at radius 2 is 1.89 bits per heavy atom. The number of amides is 2. The summed E-state index contributed by atoms with van der Waals surface area (Å²) in [6, 6.07) is 7.67. The van der Waals surface area contributed by atoms with Crippen LogP contribution in [0.25, 0.3) is 0 Å². The van der Waals surface area contributed by atoms with E-state index in [9.17, 15) is 14.7 Å². The minimum Gasteiger partial charge on any atom is -0.395 e. The van der Waals surface area contributed by atoms with Gasteiger partial charge in [0.05, 0.1) is 6.61 Å². The number of carbonyl (C=O) groups excluding carboxylic acids is 2. The number of carbonyl (C=O) groups is 2. The largest absolute Gasteiger partial charge is 0.395 e. The van der Waals surface area contributed by atoms with E-state index in [0.717, 1.165) is 0 Å². The predicted octanol–water partition coefficient (Wildman–Crippen LogP) is -0.617. The molecule has 0 aliphatic heterocycles. The summed E-state index contributed by atoms with van der Waals surface area (Å²) in [6.07, 6.45) is 0. The molecule has 2 amide bonds. The van der Waals surface area contributed by atoms with Gasteiger partial charge >= 0.3 is 0 Å². The highest BCUT2D eigenvalue weighted by atomic mass is 16.3. The van der Waals surface area contributed by atoms with Gasteiger partial charge in [0.25, 0.3) is 0 Å². The van der Waals surface area contributed by atoms with Crippen LogP contribution in [0.2, 0.25) is 0 Å². The molecule has 6 nitrogen and oxygen atoms in total. The maximum Gasteiger partial charge on any atom is 0.250 e. The van der Waals surface area contributed by atoms with Crippen molar-refractivity contribution in [2.45, 2.75) is 6.04 Å². The van der Waals surface area contributed by atoms with Crippen LogP contribution in [0, 0.1) is 0 Å². The number of benzene rings is 1. The fourth-order valence-corrected chi connectivity index (χ4v) is 1.43. The Morgan fingerprint density at radius 3 is 2.44 bits per heavy atom. The molecule has 0 fully saturated rings. The summed E-state index contributed by atoms with van der Waals surface area (Å²) < 4.78 is 0. The van der Waals surface area contributed by atoms with Crippen LogP contribution in [-0.4, -0.2) is 36.7 Å². The van der Waals surface area contributed by atoms with Crippen molar-refractivity contribution in [3.05, 3.63) is 35.9 Å². The molecule has 0 aromatic heterocycles. The summed E-state index contributed by atoms with van der Waals surface area (Å²) in [7, 11) is 0. The lowest BCUT2D eigenvalue weighted by Gasteiger charge is -2.17. The van der Waals surface area contributed by atoms with Gasteiger partial charge in [0.1, 0.15) is 6.04 Å². The molecule has 3 N–H and O–H groups in total. The first-order valence-corrected chi connectivity index (χ1v) is 5.50. The van der Waals surface area contributed by atoms with Crippen LogP contribution >= 0.6 is 0 Å². The lowest BCUT2D eigenvalue weighted by atomic mass is 10.1. The van der Waals surface area contributed by atoms with Gasteiger partial charge in [-0.25, -0.2) is 5.11 Å². The van der Waals surface area contributed by atoms with Crippen molar-refractivity contribution in [2.75, 3.05) is 19.8 Å². The third-order valence-electron chi connectivity index (χ3n) is 2.24. The van der Waals surface area contributed by atoms with E-state index in [1.807, 2.05) is 0 Å². The molecule has 0 saturated heterocycles. The second kappa shape index (κ2) is 7.41. The van der Waals surface area contributed by atoms with Crippen molar-refractivity contribution in [2.24, 2.45) is 0 Å². The highest BCUT2D eigenvalue weighted by Crippen LogP contribution is 2.12. The molecule has 0 aliphatic carbocycles. The Labute approximate surface area is 105 Å². The minimum atomic E-state index is -0.934. The van der Waals surface area contributed by atoms with Crippen LogP contribution < -0.4 is 10.6 Å². The number of aliphatic hydroxyl groups excluding tert-OH is 1. The van der Waals surface area contributed by atoms with Crippen molar-refractivity contribution in [3.63, 3.8) is 0 Å². The van der Waals surface area contributed by atoms with Gasteiger partial charge in [-0.3, -0.25) is 9.59 Å². The molecule has 18 heavy (non-hydrogen) atoms. The molecule has 0 aliphatic rings. The standard InChI is InChI=1S/C12H15N2O4/c15-7-6-13-12(18)11(14-10(17)8-16)9-4-2-1-3-5-9/h1-5,11,15H,6-8H2,(H,13,18)(H,14,17)/t11-/m1/s1. The van der Waals surface area contributed by atoms with E-state index in [0.29, 0.717) is 5.56 Å². The van der Waals surface area contributed by atoms with Crippen molar-refractivity contribution < 1.29 is 19.8 Å². The Morgan fingerprint density at radius 1 is 1.22 bits per heavy atom. The highest BCUT2D eigenvalue weighted by Gasteiger charge is 2.21. The summed E-state index contributed by atoms with van der Waals surface area (Å²) in [5.74, 6) is -1.21. The number of rotatable bonds is 6. The minimum absolute atomic E-state index is 0.0927. The van der Waals surface area contributed by atoms with Gasteiger partial charge in [-0.15, -0.1) is 0 Å². The second-order valence-corrected chi connectivity index (χ2v) is 3.57. The third kappa shape index (κ3) is 4.15. The molecule has 1 radical (unpaired) electrons. The lowest BCUT2D eigenvalue weighted by molar-refractivity contribution is -0.131. The summed E-state index contributed by atoms with van der Waals surface area (Å²) in [6.45, 7) is -1.03. The third-order valence-corrected chi connectivity index (χ3v) is 2.24. The summed E-state index contributed by atoms with van der Waals surface area (Å²) in [5.41, 5.74) is 0.578. The van der Waals surface area contributed by atoms with Gasteiger partial charge in [-0.2, -0.15) is 0 Å². The van der Waals surface area contributed by atoms with E-state index < -0.39 is 24.5 Å². The number of aliphatic hydroxyl groups is 1. The first-order chi connectivity index (χ1) is 8.69. The van der Waals surface area contributed by atoms with E-state index in [1.165, 1.54) is 0 Å². The molecule has 6 heteroatoms. The maximum atomic E-state index is 11.8. The molecule has 0 spiro atoms. The molecule has 97 valence electrons. The zero-order chi connectivity index (χ0) is 13.4. The van der Waals surface area contributed by atoms with E-state index in [2.05, 4.69) is 10.6 Å². The Balaban J connectivity index is 2.81. The van der Waals surface area contributed by atoms with Crippen molar-refractivity contribution >= 4 is 11.8 Å². The van der Waals surface area contributed by atoms with E-state index >= 15 is 0 Å². The smallest absolute Gasteiger partial charge is 0.250 e. The van der Waals surface area contributed by atoms with Crippen LogP contribution in [0.15, 0.2) is 30.3 Å². The SMILES string of the molecule is [O]CC(=O)N[C@@H](C(=O)NCCO)c1ccccc1. The van der Waals surface area contributed by atoms with E-state index in [4.69, 9.17) is 5.11 Å². The summed E-state index contributed by atoms with van der Waals surface area (Å²) in [4.78, 5) is 22.9. The molecule has 0 bridgehead atoms. The van der Waals surface area contributed by atoms with Gasteiger partial charge in [0.2, 0.25) is 11.8 Å². The van der Waals surface area contributed by atoms with Gasteiger partial charge in [-0.05, 0) is 5.56 Å². The molecule has 1 aromatic carbocycles. The van der Waals surface area contributed by atoms with Gasteiger partial charge < -0.3 is 15.7 Å². The molecular formula is C12H15N2O4. The predicted molar refractivity (Wildman–Crippen MR) is 63.0 cm³/mol. The Bertz CT molecular complexity index is 394. The second-order valence-electron chi connectivity index (χ2n) is 3.57. The molecule has 0 unspecified atom stereocenters. The lowest BCUT2D eigenvalue weighted by Crippen LogP contribution is -2.42. The van der Waals surface area contributed by atoms with Crippen LogP contribution in [-0.2, 0) is 14.7 Å². The Hall–Kier alpha value is -1.92.